The Morgan fingerprint density at radius 1 is 1.08 bits per heavy atom. The Morgan fingerprint density at radius 3 is 2.46 bits per heavy atom. The molecule has 0 unspecified atom stereocenters. The van der Waals surface area contributed by atoms with Crippen molar-refractivity contribution < 1.29 is 14.0 Å². The lowest BCUT2D eigenvalue weighted by atomic mass is 9.89. The first-order chi connectivity index (χ1) is 17.9. The first-order valence-corrected chi connectivity index (χ1v) is 13.2. The van der Waals surface area contributed by atoms with E-state index in [1.807, 2.05) is 49.1 Å². The van der Waals surface area contributed by atoms with Crippen LogP contribution in [0.5, 0.6) is 0 Å². The molecule has 0 saturated carbocycles. The molecule has 1 aliphatic rings. The van der Waals surface area contributed by atoms with Gasteiger partial charge in [0.25, 0.3) is 11.8 Å². The predicted octanol–water partition coefficient (Wildman–Crippen LogP) is 5.50. The fourth-order valence-electron chi connectivity index (χ4n) is 4.65. The summed E-state index contributed by atoms with van der Waals surface area (Å²) in [6.45, 7) is 5.06. The maximum absolute atomic E-state index is 13.6. The molecule has 0 spiro atoms. The summed E-state index contributed by atoms with van der Waals surface area (Å²) in [7, 11) is 0. The van der Waals surface area contributed by atoms with Gasteiger partial charge in [0, 0.05) is 47.3 Å². The number of carbonyl (C=O) groups is 2. The number of H-pyrrole nitrogens is 1. The number of aromatic nitrogens is 3. The topological polar surface area (TPSA) is 91.0 Å². The van der Waals surface area contributed by atoms with Crippen LogP contribution in [-0.4, -0.2) is 51.0 Å². The minimum absolute atomic E-state index is 0.000642. The molecule has 1 saturated heterocycles. The predicted molar refractivity (Wildman–Crippen MR) is 142 cm³/mol. The number of rotatable bonds is 6. The number of aromatic amines is 1. The molecule has 0 bridgehead atoms. The van der Waals surface area contributed by atoms with E-state index in [2.05, 4.69) is 20.5 Å². The lowest BCUT2D eigenvalue weighted by Crippen LogP contribution is -2.38. The second-order valence-electron chi connectivity index (χ2n) is 9.47. The largest absolute Gasteiger partial charge is 0.349 e. The Labute approximate surface area is 218 Å². The van der Waals surface area contributed by atoms with Crippen molar-refractivity contribution in [3.05, 3.63) is 82.7 Å². The van der Waals surface area contributed by atoms with Crippen molar-refractivity contribution in [3.8, 4) is 21.8 Å². The van der Waals surface area contributed by atoms with E-state index in [-0.39, 0.29) is 29.6 Å². The van der Waals surface area contributed by atoms with Crippen LogP contribution in [0.15, 0.2) is 60.0 Å². The number of benzene rings is 2. The second-order valence-corrected chi connectivity index (χ2v) is 10.3. The molecule has 3 heterocycles. The van der Waals surface area contributed by atoms with Gasteiger partial charge in [0.15, 0.2) is 0 Å². The van der Waals surface area contributed by atoms with Crippen LogP contribution >= 0.6 is 11.3 Å². The van der Waals surface area contributed by atoms with E-state index in [4.69, 9.17) is 0 Å². The molecule has 2 aromatic heterocycles. The number of likely N-dealkylation sites (tertiary alicyclic amines) is 1. The van der Waals surface area contributed by atoms with E-state index in [0.29, 0.717) is 35.0 Å². The lowest BCUT2D eigenvalue weighted by Gasteiger charge is -2.32. The number of hydrogen-bond acceptors (Lipinski definition) is 5. The molecular weight excluding hydrogens is 489 g/mol. The summed E-state index contributed by atoms with van der Waals surface area (Å²) in [5.41, 5.74) is 4.23. The van der Waals surface area contributed by atoms with Gasteiger partial charge < -0.3 is 10.2 Å². The maximum Gasteiger partial charge on any atom is 0.270 e. The fourth-order valence-corrected chi connectivity index (χ4v) is 5.51. The summed E-state index contributed by atoms with van der Waals surface area (Å²) in [5.74, 6) is -0.373. The monoisotopic (exact) mass is 517 g/mol. The van der Waals surface area contributed by atoms with E-state index in [9.17, 15) is 14.0 Å². The van der Waals surface area contributed by atoms with Gasteiger partial charge in [0.2, 0.25) is 0 Å². The van der Waals surface area contributed by atoms with Crippen LogP contribution in [0, 0.1) is 5.82 Å². The van der Waals surface area contributed by atoms with Gasteiger partial charge >= 0.3 is 0 Å². The number of nitrogens with zero attached hydrogens (tertiary/aromatic N) is 3. The molecule has 4 aromatic rings. The number of amides is 2. The van der Waals surface area contributed by atoms with Gasteiger partial charge in [0.1, 0.15) is 22.2 Å². The number of thiazole rings is 1. The molecule has 0 aliphatic carbocycles. The standard InChI is InChI=1S/C28H28FN5O2S/c1-17(2)30-26(35)22-16-37-27(31-22)23-24(18-8-10-21(29)11-9-18)32-33-25(23)19-12-14-34(15-13-19)28(36)20-6-4-3-5-7-20/h3-11,16-17,19H,12-15H2,1-2H3,(H,30,35)(H,32,33). The number of halogens is 1. The third-order valence-corrected chi connectivity index (χ3v) is 7.35. The van der Waals surface area contributed by atoms with E-state index < -0.39 is 0 Å². The van der Waals surface area contributed by atoms with Crippen LogP contribution < -0.4 is 5.32 Å². The lowest BCUT2D eigenvalue weighted by molar-refractivity contribution is 0.0712. The summed E-state index contributed by atoms with van der Waals surface area (Å²) in [6.07, 6.45) is 1.53. The minimum Gasteiger partial charge on any atom is -0.349 e. The van der Waals surface area contributed by atoms with Gasteiger partial charge in [-0.3, -0.25) is 14.7 Å². The van der Waals surface area contributed by atoms with Crippen molar-refractivity contribution in [1.29, 1.82) is 0 Å². The number of nitrogens with one attached hydrogen (secondary N) is 2. The Hall–Kier alpha value is -3.85. The van der Waals surface area contributed by atoms with Crippen molar-refractivity contribution >= 4 is 23.2 Å². The first kappa shape index (κ1) is 24.8. The van der Waals surface area contributed by atoms with Gasteiger partial charge in [-0.2, -0.15) is 5.10 Å². The third kappa shape index (κ3) is 5.32. The SMILES string of the molecule is CC(C)NC(=O)c1csc(-c2c(-c3ccc(F)cc3)n[nH]c2C2CCN(C(=O)c3ccccc3)CC2)n1. The van der Waals surface area contributed by atoms with E-state index in [0.717, 1.165) is 29.7 Å². The summed E-state index contributed by atoms with van der Waals surface area (Å²) >= 11 is 1.39. The summed E-state index contributed by atoms with van der Waals surface area (Å²) in [6, 6.07) is 15.5. The Kier molecular flexibility index (Phi) is 7.14. The van der Waals surface area contributed by atoms with Crippen LogP contribution in [0.2, 0.25) is 0 Å². The molecule has 0 radical (unpaired) electrons. The molecule has 2 N–H and O–H groups in total. The van der Waals surface area contributed by atoms with Gasteiger partial charge in [-0.05, 0) is 63.1 Å². The van der Waals surface area contributed by atoms with E-state index in [1.165, 1.54) is 23.5 Å². The summed E-state index contributed by atoms with van der Waals surface area (Å²) in [5, 5.41) is 13.1. The average molecular weight is 518 g/mol. The molecule has 9 heteroatoms. The number of carbonyl (C=O) groups excluding carboxylic acids is 2. The van der Waals surface area contributed by atoms with E-state index in [1.54, 1.807) is 17.5 Å². The normalized spacial score (nSPS) is 14.2. The zero-order valence-electron chi connectivity index (χ0n) is 20.7. The molecule has 2 aromatic carbocycles. The molecule has 7 nitrogen and oxygen atoms in total. The molecule has 1 aliphatic heterocycles. The van der Waals surface area contributed by atoms with Gasteiger partial charge in [0.05, 0.1) is 5.56 Å². The smallest absolute Gasteiger partial charge is 0.270 e. The molecular formula is C28H28FN5O2S. The van der Waals surface area contributed by atoms with Crippen LogP contribution in [0.25, 0.3) is 21.8 Å². The van der Waals surface area contributed by atoms with Crippen molar-refractivity contribution in [2.24, 2.45) is 0 Å². The van der Waals surface area contributed by atoms with Crippen molar-refractivity contribution in [3.63, 3.8) is 0 Å². The molecule has 0 atom stereocenters. The number of piperidine rings is 1. The maximum atomic E-state index is 13.6. The molecule has 2 amide bonds. The highest BCUT2D eigenvalue weighted by Gasteiger charge is 2.30. The third-order valence-electron chi connectivity index (χ3n) is 6.49. The second kappa shape index (κ2) is 10.6. The van der Waals surface area contributed by atoms with E-state index >= 15 is 0 Å². The van der Waals surface area contributed by atoms with Crippen molar-refractivity contribution in [2.75, 3.05) is 13.1 Å². The highest BCUT2D eigenvalue weighted by molar-refractivity contribution is 7.13. The quantitative estimate of drug-likeness (QED) is 0.354. The summed E-state index contributed by atoms with van der Waals surface area (Å²) < 4.78 is 13.6. The van der Waals surface area contributed by atoms with Crippen LogP contribution in [-0.2, 0) is 0 Å². The van der Waals surface area contributed by atoms with Crippen molar-refractivity contribution in [2.45, 2.75) is 38.6 Å². The van der Waals surface area contributed by atoms with Gasteiger partial charge in [-0.1, -0.05) is 18.2 Å². The highest BCUT2D eigenvalue weighted by Crippen LogP contribution is 2.41. The molecule has 5 rings (SSSR count). The minimum atomic E-state index is -0.321. The fraction of sp³-hybridized carbons (Fsp3) is 0.286. The van der Waals surface area contributed by atoms with Crippen LogP contribution in [0.4, 0.5) is 4.39 Å². The van der Waals surface area contributed by atoms with Crippen molar-refractivity contribution in [1.82, 2.24) is 25.4 Å². The van der Waals surface area contributed by atoms with Crippen LogP contribution in [0.3, 0.4) is 0 Å². The average Bonchev–Trinajstić information content (AvgIpc) is 3.57. The molecule has 1 fully saturated rings. The zero-order chi connectivity index (χ0) is 25.9. The first-order valence-electron chi connectivity index (χ1n) is 12.4. The van der Waals surface area contributed by atoms with Gasteiger partial charge in [-0.25, -0.2) is 9.37 Å². The molecule has 37 heavy (non-hydrogen) atoms. The number of hydrogen-bond donors (Lipinski definition) is 2. The zero-order valence-corrected chi connectivity index (χ0v) is 21.5. The highest BCUT2D eigenvalue weighted by atomic mass is 32.1. The Balaban J connectivity index is 1.44. The molecule has 190 valence electrons. The van der Waals surface area contributed by atoms with Gasteiger partial charge in [-0.15, -0.1) is 11.3 Å². The summed E-state index contributed by atoms with van der Waals surface area (Å²) in [4.78, 5) is 32.0. The Morgan fingerprint density at radius 2 is 1.78 bits per heavy atom. The Bertz CT molecular complexity index is 1390. The van der Waals surface area contributed by atoms with Crippen LogP contribution in [0.1, 0.15) is 59.1 Å².